The van der Waals surface area contributed by atoms with Gasteiger partial charge in [-0.2, -0.15) is 0 Å². The Morgan fingerprint density at radius 1 is 1.42 bits per heavy atom. The molecule has 1 N–H and O–H groups in total. The van der Waals surface area contributed by atoms with Gasteiger partial charge in [0.2, 0.25) is 0 Å². The number of likely N-dealkylation sites (N-methyl/N-ethyl adjacent to an activating group) is 1. The van der Waals surface area contributed by atoms with Crippen LogP contribution in [0.4, 0.5) is 0 Å². The van der Waals surface area contributed by atoms with Crippen LogP contribution in [0, 0.1) is 5.92 Å². The summed E-state index contributed by atoms with van der Waals surface area (Å²) >= 11 is 6.03. The van der Waals surface area contributed by atoms with Crippen molar-refractivity contribution in [3.05, 3.63) is 34.7 Å². The maximum Gasteiger partial charge on any atom is 0.277 e. The largest absolute Gasteiger partial charge is 0.381 e. The molecule has 2 aliphatic rings. The van der Waals surface area contributed by atoms with Crippen molar-refractivity contribution >= 4 is 40.5 Å². The zero-order valence-corrected chi connectivity index (χ0v) is 14.0. The molecule has 124 valence electrons. The van der Waals surface area contributed by atoms with E-state index in [1.165, 1.54) is 0 Å². The highest BCUT2D eigenvalue weighted by Crippen LogP contribution is 2.28. The van der Waals surface area contributed by atoms with E-state index in [0.29, 0.717) is 10.7 Å². The number of hydrogen-bond acceptors (Lipinski definition) is 4. The first-order valence-electron chi connectivity index (χ1n) is 7.92. The molecule has 7 heteroatoms. The molecular weight excluding hydrogens is 328 g/mol. The van der Waals surface area contributed by atoms with E-state index >= 15 is 0 Å². The van der Waals surface area contributed by atoms with E-state index in [9.17, 15) is 4.79 Å². The summed E-state index contributed by atoms with van der Waals surface area (Å²) in [6.07, 6.45) is 7.00. The van der Waals surface area contributed by atoms with Gasteiger partial charge in [-0.3, -0.25) is 9.69 Å². The minimum Gasteiger partial charge on any atom is -0.381 e. The lowest BCUT2D eigenvalue weighted by Gasteiger charge is -2.25. The third-order valence-electron chi connectivity index (χ3n) is 4.51. The fraction of sp³-hybridized carbons (Fsp3) is 0.353. The maximum absolute atomic E-state index is 12.5. The topological polar surface area (TPSA) is 70.6 Å². The number of amidine groups is 1. The monoisotopic (exact) mass is 344 g/mol. The third kappa shape index (κ3) is 2.61. The van der Waals surface area contributed by atoms with Crippen LogP contribution < -0.4 is 0 Å². The van der Waals surface area contributed by atoms with Crippen LogP contribution in [0.25, 0.3) is 17.1 Å². The van der Waals surface area contributed by atoms with Crippen molar-refractivity contribution in [3.8, 4) is 0 Å². The number of rotatable bonds is 2. The van der Waals surface area contributed by atoms with Gasteiger partial charge >= 0.3 is 0 Å². The zero-order chi connectivity index (χ0) is 16.7. The first-order chi connectivity index (χ1) is 11.6. The number of halogens is 1. The van der Waals surface area contributed by atoms with Gasteiger partial charge in [-0.15, -0.1) is 0 Å². The van der Waals surface area contributed by atoms with Crippen LogP contribution in [0.2, 0.25) is 5.02 Å². The Balaban J connectivity index is 1.71. The van der Waals surface area contributed by atoms with Crippen LogP contribution in [0.5, 0.6) is 0 Å². The molecule has 0 unspecified atom stereocenters. The number of pyridine rings is 1. The molecule has 6 nitrogen and oxygen atoms in total. The van der Waals surface area contributed by atoms with Gasteiger partial charge in [0.15, 0.2) is 0 Å². The highest BCUT2D eigenvalue weighted by Gasteiger charge is 2.33. The van der Waals surface area contributed by atoms with Gasteiger partial charge in [-0.05, 0) is 25.0 Å². The summed E-state index contributed by atoms with van der Waals surface area (Å²) < 4.78 is 5.40. The zero-order valence-electron chi connectivity index (χ0n) is 13.3. The molecule has 24 heavy (non-hydrogen) atoms. The van der Waals surface area contributed by atoms with Crippen molar-refractivity contribution in [1.29, 1.82) is 0 Å². The molecule has 2 aromatic heterocycles. The number of H-pyrrole nitrogens is 1. The molecule has 0 saturated carbocycles. The van der Waals surface area contributed by atoms with Gasteiger partial charge in [0.25, 0.3) is 5.91 Å². The molecule has 0 atom stereocenters. The molecule has 4 heterocycles. The Kier molecular flexibility index (Phi) is 3.86. The number of nitrogens with zero attached hydrogens (tertiary/aromatic N) is 3. The lowest BCUT2D eigenvalue weighted by Crippen LogP contribution is -2.35. The average Bonchev–Trinajstić information content (AvgIpc) is 3.12. The Morgan fingerprint density at radius 3 is 3.00 bits per heavy atom. The number of hydrogen-bond donors (Lipinski definition) is 1. The molecule has 0 spiro atoms. The van der Waals surface area contributed by atoms with E-state index < -0.39 is 0 Å². The molecule has 2 aliphatic heterocycles. The van der Waals surface area contributed by atoms with Crippen LogP contribution in [-0.2, 0) is 9.53 Å². The summed E-state index contributed by atoms with van der Waals surface area (Å²) in [5.41, 5.74) is 2.03. The summed E-state index contributed by atoms with van der Waals surface area (Å²) in [6.45, 7) is 1.44. The number of amides is 1. The summed E-state index contributed by atoms with van der Waals surface area (Å²) in [7, 11) is 1.78. The predicted octanol–water partition coefficient (Wildman–Crippen LogP) is 2.85. The average molecular weight is 345 g/mol. The minimum atomic E-state index is -0.0826. The van der Waals surface area contributed by atoms with E-state index in [1.807, 2.05) is 12.3 Å². The highest BCUT2D eigenvalue weighted by atomic mass is 35.5. The van der Waals surface area contributed by atoms with E-state index in [2.05, 4.69) is 15.0 Å². The van der Waals surface area contributed by atoms with Gasteiger partial charge in [0, 0.05) is 49.5 Å². The summed E-state index contributed by atoms with van der Waals surface area (Å²) in [4.78, 5) is 26.1. The number of carbonyl (C=O) groups is 1. The third-order valence-corrected chi connectivity index (χ3v) is 4.72. The van der Waals surface area contributed by atoms with E-state index in [0.717, 1.165) is 48.5 Å². The van der Waals surface area contributed by atoms with Crippen LogP contribution in [0.3, 0.4) is 0 Å². The van der Waals surface area contributed by atoms with Crippen molar-refractivity contribution in [1.82, 2.24) is 14.9 Å². The second-order valence-corrected chi connectivity index (χ2v) is 6.48. The molecular formula is C17H17ClN4O2. The predicted molar refractivity (Wildman–Crippen MR) is 92.8 cm³/mol. The quantitative estimate of drug-likeness (QED) is 0.851. The fourth-order valence-corrected chi connectivity index (χ4v) is 3.36. The van der Waals surface area contributed by atoms with E-state index in [4.69, 9.17) is 16.3 Å². The van der Waals surface area contributed by atoms with Crippen molar-refractivity contribution in [3.63, 3.8) is 0 Å². The normalized spacial score (nSPS) is 21.1. The molecule has 0 bridgehead atoms. The number of aromatic amines is 1. The summed E-state index contributed by atoms with van der Waals surface area (Å²) in [5, 5.41) is 1.43. The Hall–Kier alpha value is -2.18. The van der Waals surface area contributed by atoms with Crippen LogP contribution in [0.1, 0.15) is 18.4 Å². The molecule has 0 radical (unpaired) electrons. The van der Waals surface area contributed by atoms with E-state index in [1.54, 1.807) is 24.2 Å². The second kappa shape index (κ2) is 6.03. The van der Waals surface area contributed by atoms with Crippen molar-refractivity contribution in [2.75, 3.05) is 20.3 Å². The number of nitrogens with one attached hydrogen (secondary N) is 1. The molecule has 1 amide bonds. The molecule has 2 aromatic rings. The maximum atomic E-state index is 12.5. The van der Waals surface area contributed by atoms with Crippen LogP contribution in [0.15, 0.2) is 29.1 Å². The smallest absolute Gasteiger partial charge is 0.277 e. The first kappa shape index (κ1) is 15.4. The van der Waals surface area contributed by atoms with E-state index in [-0.39, 0.29) is 11.8 Å². The highest BCUT2D eigenvalue weighted by molar-refractivity contribution is 6.31. The number of ether oxygens (including phenoxy) is 1. The molecule has 0 aliphatic carbocycles. The van der Waals surface area contributed by atoms with Crippen molar-refractivity contribution in [2.24, 2.45) is 10.9 Å². The first-order valence-corrected chi connectivity index (χ1v) is 8.30. The summed E-state index contributed by atoms with van der Waals surface area (Å²) in [6, 6.07) is 1.83. The second-order valence-electron chi connectivity index (χ2n) is 6.04. The molecule has 1 saturated heterocycles. The fourth-order valence-electron chi connectivity index (χ4n) is 3.20. The Labute approximate surface area is 144 Å². The summed E-state index contributed by atoms with van der Waals surface area (Å²) in [5.74, 6) is 1.03. The van der Waals surface area contributed by atoms with Crippen LogP contribution >= 0.6 is 11.6 Å². The van der Waals surface area contributed by atoms with Gasteiger partial charge in [-0.1, -0.05) is 11.6 Å². The van der Waals surface area contributed by atoms with Gasteiger partial charge < -0.3 is 9.72 Å². The SMILES string of the molecule is CN1C(=O)C(=Cc2c[nH]c3ncc(Cl)cc23)N=C1C1CCOCC1. The number of aliphatic imine (C=N–C) groups is 1. The lowest BCUT2D eigenvalue weighted by molar-refractivity contribution is -0.121. The van der Waals surface area contributed by atoms with Crippen molar-refractivity contribution < 1.29 is 9.53 Å². The van der Waals surface area contributed by atoms with Crippen LogP contribution in [-0.4, -0.2) is 46.9 Å². The van der Waals surface area contributed by atoms with Crippen molar-refractivity contribution in [2.45, 2.75) is 12.8 Å². The number of fused-ring (bicyclic) bond motifs is 1. The Morgan fingerprint density at radius 2 is 2.21 bits per heavy atom. The van der Waals surface area contributed by atoms with Gasteiger partial charge in [-0.25, -0.2) is 9.98 Å². The standard InChI is InChI=1S/C17H17ClN4O2/c1-22-16(10-2-4-24-5-3-10)21-14(17(22)23)6-11-8-19-15-13(11)7-12(18)9-20-15/h6-10H,2-5H2,1H3,(H,19,20). The Bertz CT molecular complexity index is 865. The molecule has 4 rings (SSSR count). The lowest BCUT2D eigenvalue weighted by atomic mass is 9.98. The molecule has 1 fully saturated rings. The minimum absolute atomic E-state index is 0.0826. The van der Waals surface area contributed by atoms with Gasteiger partial charge in [0.1, 0.15) is 17.2 Å². The van der Waals surface area contributed by atoms with Gasteiger partial charge in [0.05, 0.1) is 5.02 Å². The number of carbonyl (C=O) groups excluding carboxylic acids is 1. The number of aromatic nitrogens is 2. The molecule has 0 aromatic carbocycles.